The second-order valence-corrected chi connectivity index (χ2v) is 14.6. The smallest absolute Gasteiger partial charge is 0.166 e. The Bertz CT molecular complexity index is 1200. The zero-order chi connectivity index (χ0) is 26.3. The SMILES string of the molecule is CC1=C(SCc2c(F)c(F)cc(F)c2F)S/C(=C2/SC(C)=C(SCc3c(F)c(F)cc(F)c3F)S2)S1. The van der Waals surface area contributed by atoms with Crippen LogP contribution in [0, 0.1) is 46.5 Å². The first kappa shape index (κ1) is 28.2. The van der Waals surface area contributed by atoms with E-state index < -0.39 is 57.7 Å². The van der Waals surface area contributed by atoms with Crippen molar-refractivity contribution in [3.05, 3.63) is 96.6 Å². The average Bonchev–Trinajstić information content (AvgIpc) is 3.38. The second kappa shape index (κ2) is 11.5. The Labute approximate surface area is 226 Å². The lowest BCUT2D eigenvalue weighted by molar-refractivity contribution is 0.444. The van der Waals surface area contributed by atoms with Crippen LogP contribution in [0.3, 0.4) is 0 Å². The molecule has 2 aliphatic heterocycles. The Morgan fingerprint density at radius 2 is 0.833 bits per heavy atom. The number of allylic oxidation sites excluding steroid dienone is 2. The lowest BCUT2D eigenvalue weighted by atomic mass is 10.2. The number of halogens is 8. The molecule has 2 aromatic rings. The van der Waals surface area contributed by atoms with Crippen molar-refractivity contribution < 1.29 is 35.1 Å². The van der Waals surface area contributed by atoms with Crippen LogP contribution >= 0.6 is 70.6 Å². The number of rotatable bonds is 6. The van der Waals surface area contributed by atoms with Gasteiger partial charge in [0.1, 0.15) is 0 Å². The van der Waals surface area contributed by atoms with Gasteiger partial charge in [-0.15, -0.1) is 23.5 Å². The first-order chi connectivity index (χ1) is 17.0. The molecular weight excluding hydrogens is 609 g/mol. The summed E-state index contributed by atoms with van der Waals surface area (Å²) in [5.41, 5.74) is -1.36. The van der Waals surface area contributed by atoms with Crippen LogP contribution in [-0.2, 0) is 11.5 Å². The van der Waals surface area contributed by atoms with Gasteiger partial charge in [-0.25, -0.2) is 35.1 Å². The fourth-order valence-corrected chi connectivity index (χ4v) is 11.4. The van der Waals surface area contributed by atoms with Gasteiger partial charge in [0.15, 0.2) is 46.5 Å². The van der Waals surface area contributed by atoms with E-state index in [2.05, 4.69) is 0 Å². The highest BCUT2D eigenvalue weighted by Crippen LogP contribution is 2.63. The van der Waals surface area contributed by atoms with E-state index in [0.717, 1.165) is 41.8 Å². The fourth-order valence-electron chi connectivity index (χ4n) is 2.92. The Morgan fingerprint density at radius 1 is 0.528 bits per heavy atom. The monoisotopic (exact) mass is 620 g/mol. The van der Waals surface area contributed by atoms with Crippen LogP contribution in [-0.4, -0.2) is 0 Å². The molecule has 2 aromatic carbocycles. The maximum Gasteiger partial charge on any atom is 0.166 e. The Kier molecular flexibility index (Phi) is 9.03. The summed E-state index contributed by atoms with van der Waals surface area (Å²) < 4.78 is 113. The highest BCUT2D eigenvalue weighted by atomic mass is 32.2. The number of benzene rings is 2. The summed E-state index contributed by atoms with van der Waals surface area (Å²) in [6, 6.07) is 0.331. The van der Waals surface area contributed by atoms with Crippen LogP contribution < -0.4 is 0 Å². The van der Waals surface area contributed by atoms with Gasteiger partial charge in [0.2, 0.25) is 0 Å². The fraction of sp³-hybridized carbons (Fsp3) is 0.182. The van der Waals surface area contributed by atoms with Gasteiger partial charge >= 0.3 is 0 Å². The molecule has 0 spiro atoms. The maximum atomic E-state index is 14.0. The van der Waals surface area contributed by atoms with Crippen LogP contribution in [0.15, 0.2) is 38.9 Å². The molecule has 0 fully saturated rings. The lowest BCUT2D eigenvalue weighted by Crippen LogP contribution is -2.01. The summed E-state index contributed by atoms with van der Waals surface area (Å²) in [4.78, 5) is 1.68. The molecule has 0 saturated carbocycles. The van der Waals surface area contributed by atoms with Crippen LogP contribution in [0.2, 0.25) is 0 Å². The van der Waals surface area contributed by atoms with Gasteiger partial charge in [-0.1, -0.05) is 47.0 Å². The van der Waals surface area contributed by atoms with Gasteiger partial charge in [0.05, 0.1) is 16.9 Å². The molecule has 4 rings (SSSR count). The predicted molar refractivity (Wildman–Crippen MR) is 138 cm³/mol. The first-order valence-corrected chi connectivity index (χ1v) is 15.0. The molecule has 0 saturated heterocycles. The summed E-state index contributed by atoms with van der Waals surface area (Å²) in [6.45, 7) is 3.60. The van der Waals surface area contributed by atoms with Gasteiger partial charge in [-0.05, 0) is 13.8 Å². The van der Waals surface area contributed by atoms with Crippen LogP contribution in [0.1, 0.15) is 25.0 Å². The van der Waals surface area contributed by atoms with E-state index in [-0.39, 0.29) is 23.6 Å². The van der Waals surface area contributed by atoms with E-state index >= 15 is 0 Å². The maximum absolute atomic E-state index is 14.0. The third kappa shape index (κ3) is 5.78. The molecule has 0 unspecified atom stereocenters. The van der Waals surface area contributed by atoms with Crippen LogP contribution in [0.25, 0.3) is 0 Å². The predicted octanol–water partition coefficient (Wildman–Crippen LogP) is 10.4. The molecule has 36 heavy (non-hydrogen) atoms. The molecular formula is C22H12F8S6. The van der Waals surface area contributed by atoms with Gasteiger partial charge < -0.3 is 0 Å². The Morgan fingerprint density at radius 3 is 1.14 bits per heavy atom. The molecule has 2 aliphatic rings. The molecule has 14 heteroatoms. The van der Waals surface area contributed by atoms with Crippen molar-refractivity contribution >= 4 is 70.6 Å². The summed E-state index contributed by atoms with van der Waals surface area (Å²) >= 11 is 7.61. The van der Waals surface area contributed by atoms with Crippen LogP contribution in [0.4, 0.5) is 35.1 Å². The minimum atomic E-state index is -1.46. The molecule has 0 bridgehead atoms. The largest absolute Gasteiger partial charge is 0.204 e. The highest BCUT2D eigenvalue weighted by Gasteiger charge is 2.29. The van der Waals surface area contributed by atoms with Gasteiger partial charge in [0, 0.05) is 44.6 Å². The quantitative estimate of drug-likeness (QED) is 0.231. The van der Waals surface area contributed by atoms with Crippen molar-refractivity contribution in [3.8, 4) is 0 Å². The number of hydrogen-bond donors (Lipinski definition) is 0. The van der Waals surface area contributed by atoms with E-state index in [1.54, 1.807) is 13.8 Å². The van der Waals surface area contributed by atoms with E-state index in [4.69, 9.17) is 0 Å². The van der Waals surface area contributed by atoms with E-state index in [9.17, 15) is 35.1 Å². The molecule has 0 atom stereocenters. The molecule has 0 radical (unpaired) electrons. The lowest BCUT2D eigenvalue weighted by Gasteiger charge is -2.08. The van der Waals surface area contributed by atoms with E-state index in [1.807, 2.05) is 0 Å². The second-order valence-electron chi connectivity index (χ2n) is 7.14. The van der Waals surface area contributed by atoms with Crippen LogP contribution in [0.5, 0.6) is 0 Å². The molecule has 192 valence electrons. The molecule has 0 amide bonds. The Hall–Kier alpha value is -0.800. The molecule has 0 nitrogen and oxygen atoms in total. The summed E-state index contributed by atoms with van der Waals surface area (Å²) in [5, 5.41) is 0. The third-order valence-corrected chi connectivity index (χ3v) is 13.5. The molecule has 0 aliphatic carbocycles. The molecule has 0 aromatic heterocycles. The third-order valence-electron chi connectivity index (χ3n) is 4.70. The Balaban J connectivity index is 1.42. The normalized spacial score (nSPS) is 18.3. The minimum Gasteiger partial charge on any atom is -0.204 e. The summed E-state index contributed by atoms with van der Waals surface area (Å²) in [5.74, 6) is -12.2. The zero-order valence-electron chi connectivity index (χ0n) is 18.0. The number of thioether (sulfide) groups is 6. The van der Waals surface area contributed by atoms with E-state index in [1.165, 1.54) is 47.0 Å². The summed E-state index contributed by atoms with van der Waals surface area (Å²) in [6.07, 6.45) is 0. The van der Waals surface area contributed by atoms with Crippen molar-refractivity contribution in [1.29, 1.82) is 0 Å². The highest BCUT2D eigenvalue weighted by molar-refractivity contribution is 8.40. The minimum absolute atomic E-state index is 0.166. The van der Waals surface area contributed by atoms with Gasteiger partial charge in [-0.2, -0.15) is 0 Å². The topological polar surface area (TPSA) is 0 Å². The van der Waals surface area contributed by atoms with Gasteiger partial charge in [0.25, 0.3) is 0 Å². The number of hydrogen-bond acceptors (Lipinski definition) is 6. The first-order valence-electron chi connectivity index (χ1n) is 9.74. The molecule has 0 N–H and O–H groups in total. The van der Waals surface area contributed by atoms with Crippen molar-refractivity contribution in [2.45, 2.75) is 25.4 Å². The molecule has 2 heterocycles. The zero-order valence-corrected chi connectivity index (χ0v) is 22.9. The van der Waals surface area contributed by atoms with Crippen molar-refractivity contribution in [3.63, 3.8) is 0 Å². The van der Waals surface area contributed by atoms with E-state index in [0.29, 0.717) is 8.47 Å². The standard InChI is InChI=1S/C22H12F8S6/c1-7-19(31-5-9-15(27)11(23)3-12(24)16(9)28)35-21(33-7)22-34-8(2)20(36-22)32-6-10-17(29)13(25)4-14(26)18(10)30/h3-4H,5-6H2,1-2H3/b22-21-. The van der Waals surface area contributed by atoms with Crippen molar-refractivity contribution in [1.82, 2.24) is 0 Å². The average molecular weight is 621 g/mol. The van der Waals surface area contributed by atoms with Crippen molar-refractivity contribution in [2.75, 3.05) is 0 Å². The van der Waals surface area contributed by atoms with Gasteiger partial charge in [-0.3, -0.25) is 0 Å². The summed E-state index contributed by atoms with van der Waals surface area (Å²) in [7, 11) is 0. The van der Waals surface area contributed by atoms with Crippen molar-refractivity contribution in [2.24, 2.45) is 0 Å².